The van der Waals surface area contributed by atoms with E-state index in [2.05, 4.69) is 25.4 Å². The minimum absolute atomic E-state index is 0.162. The smallest absolute Gasteiger partial charge is 0.272 e. The first-order valence-electron chi connectivity index (χ1n) is 6.59. The highest BCUT2D eigenvalue weighted by atomic mass is 16.3. The zero-order valence-electron chi connectivity index (χ0n) is 11.3. The van der Waals surface area contributed by atoms with Gasteiger partial charge >= 0.3 is 0 Å². The van der Waals surface area contributed by atoms with Crippen LogP contribution in [0.4, 0.5) is 0 Å². The van der Waals surface area contributed by atoms with Crippen LogP contribution in [-0.2, 0) is 6.54 Å². The van der Waals surface area contributed by atoms with E-state index in [0.29, 0.717) is 28.5 Å². The second-order valence-electron chi connectivity index (χ2n) is 4.55. The molecule has 0 atom stereocenters. The molecule has 0 aliphatic rings. The van der Waals surface area contributed by atoms with Gasteiger partial charge < -0.3 is 9.73 Å². The summed E-state index contributed by atoms with van der Waals surface area (Å²) in [6.45, 7) is 0.162. The molecule has 8 nitrogen and oxygen atoms in total. The number of aromatic nitrogens is 5. The molecule has 0 saturated carbocycles. The Balaban J connectivity index is 1.54. The molecule has 0 aliphatic carbocycles. The van der Waals surface area contributed by atoms with E-state index in [1.54, 1.807) is 36.7 Å². The van der Waals surface area contributed by atoms with Crippen molar-refractivity contribution in [3.8, 4) is 0 Å². The van der Waals surface area contributed by atoms with E-state index in [0.717, 1.165) is 0 Å². The van der Waals surface area contributed by atoms with Gasteiger partial charge in [-0.2, -0.15) is 10.1 Å². The Bertz CT molecular complexity index is 940. The molecule has 0 unspecified atom stereocenters. The first-order chi connectivity index (χ1) is 10.8. The van der Waals surface area contributed by atoms with Crippen LogP contribution in [-0.4, -0.2) is 30.5 Å². The van der Waals surface area contributed by atoms with Crippen molar-refractivity contribution in [1.82, 2.24) is 29.9 Å². The Kier molecular flexibility index (Phi) is 2.78. The highest BCUT2D eigenvalue weighted by Gasteiger charge is 2.14. The van der Waals surface area contributed by atoms with Crippen molar-refractivity contribution >= 4 is 22.8 Å². The third-order valence-corrected chi connectivity index (χ3v) is 3.12. The molecule has 1 amide bonds. The van der Waals surface area contributed by atoms with Crippen LogP contribution in [0, 0.1) is 0 Å². The number of nitrogens with zero attached hydrogens (tertiary/aromatic N) is 5. The summed E-state index contributed by atoms with van der Waals surface area (Å²) in [5, 5.41) is 6.83. The van der Waals surface area contributed by atoms with E-state index in [1.807, 2.05) is 0 Å². The number of carbonyl (C=O) groups is 1. The van der Waals surface area contributed by atoms with E-state index in [9.17, 15) is 4.79 Å². The van der Waals surface area contributed by atoms with Crippen molar-refractivity contribution in [1.29, 1.82) is 0 Å². The average Bonchev–Trinajstić information content (AvgIpc) is 3.16. The molecule has 0 saturated heterocycles. The Morgan fingerprint density at radius 3 is 3.05 bits per heavy atom. The van der Waals surface area contributed by atoms with Gasteiger partial charge in [-0.3, -0.25) is 4.79 Å². The molecule has 1 N–H and O–H groups in total. The van der Waals surface area contributed by atoms with Crippen molar-refractivity contribution in [2.24, 2.45) is 0 Å². The second kappa shape index (κ2) is 4.92. The number of hydrogen-bond donors (Lipinski definition) is 1. The van der Waals surface area contributed by atoms with Gasteiger partial charge in [0.15, 0.2) is 16.9 Å². The maximum absolute atomic E-state index is 12.2. The van der Waals surface area contributed by atoms with Crippen LogP contribution >= 0.6 is 0 Å². The summed E-state index contributed by atoms with van der Waals surface area (Å²) in [6, 6.07) is 7.07. The lowest BCUT2D eigenvalue weighted by atomic mass is 10.4. The van der Waals surface area contributed by atoms with Gasteiger partial charge in [-0.1, -0.05) is 0 Å². The van der Waals surface area contributed by atoms with Crippen molar-refractivity contribution in [2.45, 2.75) is 6.54 Å². The highest BCUT2D eigenvalue weighted by molar-refractivity contribution is 5.92. The summed E-state index contributed by atoms with van der Waals surface area (Å²) in [4.78, 5) is 24.6. The molecule has 0 spiro atoms. The number of hydrogen-bond acceptors (Lipinski definition) is 6. The van der Waals surface area contributed by atoms with Crippen LogP contribution in [0.5, 0.6) is 0 Å². The lowest BCUT2D eigenvalue weighted by Crippen LogP contribution is -2.24. The summed E-state index contributed by atoms with van der Waals surface area (Å²) < 4.78 is 6.97. The van der Waals surface area contributed by atoms with E-state index in [1.165, 1.54) is 10.7 Å². The molecule has 108 valence electrons. The standard InChI is InChI=1S/C14H10N6O2/c21-14(9-7-16-11-4-2-6-18-20(9)11)17-8-12-19-13-10(22-12)3-1-5-15-13/h1-7H,8H2,(H,17,21). The lowest BCUT2D eigenvalue weighted by Gasteiger charge is -2.01. The molecule has 4 aromatic rings. The van der Waals surface area contributed by atoms with Gasteiger partial charge in [0.2, 0.25) is 5.89 Å². The zero-order chi connectivity index (χ0) is 14.9. The summed E-state index contributed by atoms with van der Waals surface area (Å²) in [6.07, 6.45) is 4.71. The number of carbonyl (C=O) groups excluding carboxylic acids is 1. The van der Waals surface area contributed by atoms with Gasteiger partial charge in [0.1, 0.15) is 5.69 Å². The van der Waals surface area contributed by atoms with Gasteiger partial charge in [-0.05, 0) is 24.3 Å². The molecule has 0 fully saturated rings. The molecule has 22 heavy (non-hydrogen) atoms. The summed E-state index contributed by atoms with van der Waals surface area (Å²) in [7, 11) is 0. The predicted octanol–water partition coefficient (Wildman–Crippen LogP) is 1.20. The fourth-order valence-electron chi connectivity index (χ4n) is 2.12. The van der Waals surface area contributed by atoms with E-state index in [-0.39, 0.29) is 12.5 Å². The average molecular weight is 294 g/mol. The quantitative estimate of drug-likeness (QED) is 0.609. The van der Waals surface area contributed by atoms with E-state index in [4.69, 9.17) is 4.42 Å². The van der Waals surface area contributed by atoms with Crippen molar-refractivity contribution in [2.75, 3.05) is 0 Å². The third-order valence-electron chi connectivity index (χ3n) is 3.12. The predicted molar refractivity (Wildman–Crippen MR) is 76.0 cm³/mol. The van der Waals surface area contributed by atoms with Crippen molar-refractivity contribution < 1.29 is 9.21 Å². The topological polar surface area (TPSA) is 98.2 Å². The number of fused-ring (bicyclic) bond motifs is 2. The number of rotatable bonds is 3. The maximum Gasteiger partial charge on any atom is 0.272 e. The molecule has 4 heterocycles. The third kappa shape index (κ3) is 2.06. The van der Waals surface area contributed by atoms with E-state index < -0.39 is 0 Å². The molecular weight excluding hydrogens is 284 g/mol. The number of imidazole rings is 1. The van der Waals surface area contributed by atoms with Crippen LogP contribution in [0.15, 0.2) is 47.3 Å². The molecule has 0 aromatic carbocycles. The molecule has 0 bridgehead atoms. The van der Waals surface area contributed by atoms with Gasteiger partial charge in [0, 0.05) is 12.4 Å². The van der Waals surface area contributed by atoms with Gasteiger partial charge in [0.05, 0.1) is 12.7 Å². The van der Waals surface area contributed by atoms with Crippen LogP contribution < -0.4 is 5.32 Å². The van der Waals surface area contributed by atoms with Gasteiger partial charge in [-0.25, -0.2) is 14.5 Å². The number of nitrogens with one attached hydrogen (secondary N) is 1. The monoisotopic (exact) mass is 294 g/mol. The van der Waals surface area contributed by atoms with Crippen LogP contribution in [0.25, 0.3) is 16.9 Å². The molecular formula is C14H10N6O2. The molecule has 4 aromatic heterocycles. The van der Waals surface area contributed by atoms with Crippen molar-refractivity contribution in [3.63, 3.8) is 0 Å². The minimum atomic E-state index is -0.304. The van der Waals surface area contributed by atoms with Gasteiger partial charge in [-0.15, -0.1) is 0 Å². The van der Waals surface area contributed by atoms with Crippen LogP contribution in [0.2, 0.25) is 0 Å². The molecule has 8 heteroatoms. The fourth-order valence-corrected chi connectivity index (χ4v) is 2.12. The number of oxazole rings is 1. The normalized spacial score (nSPS) is 11.1. The molecule has 0 radical (unpaired) electrons. The van der Waals surface area contributed by atoms with Crippen LogP contribution in [0.1, 0.15) is 16.4 Å². The Morgan fingerprint density at radius 1 is 1.23 bits per heavy atom. The Morgan fingerprint density at radius 2 is 2.14 bits per heavy atom. The Hall–Kier alpha value is -3.29. The summed E-state index contributed by atoms with van der Waals surface area (Å²) >= 11 is 0. The fraction of sp³-hybridized carbons (Fsp3) is 0.0714. The first kappa shape index (κ1) is 12.5. The number of pyridine rings is 1. The molecule has 4 rings (SSSR count). The number of amides is 1. The second-order valence-corrected chi connectivity index (χ2v) is 4.55. The largest absolute Gasteiger partial charge is 0.437 e. The highest BCUT2D eigenvalue weighted by Crippen LogP contribution is 2.12. The molecule has 0 aliphatic heterocycles. The zero-order valence-corrected chi connectivity index (χ0v) is 11.3. The van der Waals surface area contributed by atoms with Crippen molar-refractivity contribution in [3.05, 3.63) is 54.4 Å². The summed E-state index contributed by atoms with van der Waals surface area (Å²) in [5.74, 6) is 0.0882. The van der Waals surface area contributed by atoms with E-state index >= 15 is 0 Å². The summed E-state index contributed by atoms with van der Waals surface area (Å²) in [5.41, 5.74) is 2.06. The van der Waals surface area contributed by atoms with Crippen LogP contribution in [0.3, 0.4) is 0 Å². The lowest BCUT2D eigenvalue weighted by molar-refractivity contribution is 0.0940. The van der Waals surface area contributed by atoms with Gasteiger partial charge in [0.25, 0.3) is 5.91 Å². The Labute approximate surface area is 123 Å². The SMILES string of the molecule is O=C(NCc1nc2ncccc2o1)c1cnc2cccnn12. The maximum atomic E-state index is 12.2. The minimum Gasteiger partial charge on any atom is -0.437 e. The first-order valence-corrected chi connectivity index (χ1v) is 6.59.